The highest BCUT2D eigenvalue weighted by Crippen LogP contribution is 2.19. The predicted octanol–water partition coefficient (Wildman–Crippen LogP) is 2.38. The maximum absolute atomic E-state index is 10.9. The fourth-order valence-electron chi connectivity index (χ4n) is 1.57. The van der Waals surface area contributed by atoms with Gasteiger partial charge in [0.05, 0.1) is 14.2 Å². The van der Waals surface area contributed by atoms with Gasteiger partial charge in [-0.25, -0.2) is 0 Å². The Hall–Kier alpha value is -1.84. The van der Waals surface area contributed by atoms with Gasteiger partial charge in [-0.3, -0.25) is 9.79 Å². The Morgan fingerprint density at radius 1 is 1.39 bits per heavy atom. The zero-order chi connectivity index (χ0) is 13.4. The molecule has 0 aliphatic carbocycles. The molecule has 1 rings (SSSR count). The van der Waals surface area contributed by atoms with Gasteiger partial charge >= 0.3 is 5.97 Å². The van der Waals surface area contributed by atoms with Gasteiger partial charge in [0.2, 0.25) is 0 Å². The molecule has 0 fully saturated rings. The van der Waals surface area contributed by atoms with Crippen molar-refractivity contribution in [1.82, 2.24) is 0 Å². The summed E-state index contributed by atoms with van der Waals surface area (Å²) in [7, 11) is 3.05. The van der Waals surface area contributed by atoms with Crippen molar-refractivity contribution in [3.05, 3.63) is 29.3 Å². The lowest BCUT2D eigenvalue weighted by Crippen LogP contribution is -2.00. The fraction of sp³-hybridized carbons (Fsp3) is 0.429. The van der Waals surface area contributed by atoms with Gasteiger partial charge in [-0.2, -0.15) is 0 Å². The van der Waals surface area contributed by atoms with Crippen LogP contribution in [-0.4, -0.2) is 32.9 Å². The molecule has 0 N–H and O–H groups in total. The standard InChI is InChI=1S/C14H19NO3/c1-11-12(6-4-7-13(11)17-2)10-15-9-5-8-14(16)18-3/h4,6-7,10H,5,8-9H2,1-3H3/b15-10+. The van der Waals surface area contributed by atoms with Crippen molar-refractivity contribution in [3.63, 3.8) is 0 Å². The Kier molecular flexibility index (Phi) is 5.91. The van der Waals surface area contributed by atoms with Gasteiger partial charge in [-0.05, 0) is 30.5 Å². The van der Waals surface area contributed by atoms with Crippen molar-refractivity contribution in [2.75, 3.05) is 20.8 Å². The average molecular weight is 249 g/mol. The van der Waals surface area contributed by atoms with Crippen molar-refractivity contribution < 1.29 is 14.3 Å². The Labute approximate surface area is 108 Å². The molecule has 1 aromatic rings. The molecule has 0 radical (unpaired) electrons. The number of methoxy groups -OCH3 is 2. The Morgan fingerprint density at radius 2 is 2.17 bits per heavy atom. The minimum atomic E-state index is -0.192. The van der Waals surface area contributed by atoms with Crippen LogP contribution in [0.4, 0.5) is 0 Å². The number of nitrogens with zero attached hydrogens (tertiary/aromatic N) is 1. The van der Waals surface area contributed by atoms with Crippen molar-refractivity contribution in [2.45, 2.75) is 19.8 Å². The van der Waals surface area contributed by atoms with E-state index < -0.39 is 0 Å². The summed E-state index contributed by atoms with van der Waals surface area (Å²) in [6.45, 7) is 2.61. The Balaban J connectivity index is 2.49. The molecule has 0 saturated carbocycles. The molecule has 0 saturated heterocycles. The molecular weight excluding hydrogens is 230 g/mol. The third-order valence-electron chi connectivity index (χ3n) is 2.67. The van der Waals surface area contributed by atoms with Crippen LogP contribution in [0.2, 0.25) is 0 Å². The molecule has 0 aliphatic rings. The molecule has 18 heavy (non-hydrogen) atoms. The maximum Gasteiger partial charge on any atom is 0.305 e. The van der Waals surface area contributed by atoms with Gasteiger partial charge in [0.25, 0.3) is 0 Å². The molecule has 0 bridgehead atoms. The molecule has 0 amide bonds. The maximum atomic E-state index is 10.9. The smallest absolute Gasteiger partial charge is 0.305 e. The van der Waals surface area contributed by atoms with E-state index >= 15 is 0 Å². The molecule has 1 aromatic carbocycles. The number of carbonyl (C=O) groups is 1. The SMILES string of the molecule is COC(=O)CCC/N=C/c1cccc(OC)c1C. The van der Waals surface area contributed by atoms with Crippen LogP contribution in [0, 0.1) is 6.92 Å². The molecule has 4 nitrogen and oxygen atoms in total. The van der Waals surface area contributed by atoms with Gasteiger partial charge in [0.1, 0.15) is 5.75 Å². The van der Waals surface area contributed by atoms with E-state index in [1.165, 1.54) is 7.11 Å². The summed E-state index contributed by atoms with van der Waals surface area (Å²) in [6.07, 6.45) is 2.92. The van der Waals surface area contributed by atoms with E-state index in [1.54, 1.807) is 7.11 Å². The van der Waals surface area contributed by atoms with E-state index in [1.807, 2.05) is 31.3 Å². The number of carbonyl (C=O) groups excluding carboxylic acids is 1. The van der Waals surface area contributed by atoms with Gasteiger partial charge in [-0.1, -0.05) is 12.1 Å². The fourth-order valence-corrected chi connectivity index (χ4v) is 1.57. The van der Waals surface area contributed by atoms with Crippen LogP contribution < -0.4 is 4.74 Å². The second-order valence-electron chi connectivity index (χ2n) is 3.89. The van der Waals surface area contributed by atoms with Gasteiger partial charge < -0.3 is 9.47 Å². The molecule has 98 valence electrons. The molecule has 0 unspecified atom stereocenters. The predicted molar refractivity (Wildman–Crippen MR) is 71.4 cm³/mol. The van der Waals surface area contributed by atoms with Crippen molar-refractivity contribution >= 4 is 12.2 Å². The first-order chi connectivity index (χ1) is 8.69. The van der Waals surface area contributed by atoms with Crippen LogP contribution >= 0.6 is 0 Å². The minimum Gasteiger partial charge on any atom is -0.496 e. The van der Waals surface area contributed by atoms with Crippen molar-refractivity contribution in [3.8, 4) is 5.75 Å². The molecular formula is C14H19NO3. The summed E-state index contributed by atoms with van der Waals surface area (Å²) in [5.41, 5.74) is 2.10. The molecule has 0 aromatic heterocycles. The van der Waals surface area contributed by atoms with Crippen LogP contribution in [-0.2, 0) is 9.53 Å². The summed E-state index contributed by atoms with van der Waals surface area (Å²) < 4.78 is 9.79. The van der Waals surface area contributed by atoms with Gasteiger partial charge in [0.15, 0.2) is 0 Å². The molecule has 0 heterocycles. The van der Waals surface area contributed by atoms with Crippen LogP contribution in [0.5, 0.6) is 5.75 Å². The number of hydrogen-bond donors (Lipinski definition) is 0. The largest absolute Gasteiger partial charge is 0.496 e. The number of rotatable bonds is 6. The molecule has 0 atom stereocenters. The van der Waals surface area contributed by atoms with E-state index in [2.05, 4.69) is 9.73 Å². The first-order valence-corrected chi connectivity index (χ1v) is 5.89. The molecule has 0 aliphatic heterocycles. The van der Waals surface area contributed by atoms with Crippen LogP contribution in [0.25, 0.3) is 0 Å². The topological polar surface area (TPSA) is 47.9 Å². The van der Waals surface area contributed by atoms with E-state index in [9.17, 15) is 4.79 Å². The average Bonchev–Trinajstić information content (AvgIpc) is 2.39. The van der Waals surface area contributed by atoms with Crippen molar-refractivity contribution in [1.29, 1.82) is 0 Å². The van der Waals surface area contributed by atoms with Gasteiger partial charge in [0, 0.05) is 19.2 Å². The van der Waals surface area contributed by atoms with Crippen LogP contribution in [0.15, 0.2) is 23.2 Å². The number of aliphatic imine (C=N–C) groups is 1. The number of esters is 1. The first-order valence-electron chi connectivity index (χ1n) is 5.89. The lowest BCUT2D eigenvalue weighted by atomic mass is 10.1. The van der Waals surface area contributed by atoms with Gasteiger partial charge in [-0.15, -0.1) is 0 Å². The summed E-state index contributed by atoms with van der Waals surface area (Å²) in [5.74, 6) is 0.663. The monoisotopic (exact) mass is 249 g/mol. The van der Waals surface area contributed by atoms with Crippen molar-refractivity contribution in [2.24, 2.45) is 4.99 Å². The van der Waals surface area contributed by atoms with E-state index in [0.29, 0.717) is 19.4 Å². The highest BCUT2D eigenvalue weighted by molar-refractivity contribution is 5.82. The molecule has 4 heteroatoms. The zero-order valence-electron chi connectivity index (χ0n) is 11.1. The second kappa shape index (κ2) is 7.48. The van der Waals surface area contributed by atoms with E-state index in [4.69, 9.17) is 4.74 Å². The summed E-state index contributed by atoms with van der Waals surface area (Å²) in [6, 6.07) is 5.84. The normalized spacial score (nSPS) is 10.6. The summed E-state index contributed by atoms with van der Waals surface area (Å²) in [5, 5.41) is 0. The Bertz CT molecular complexity index is 427. The lowest BCUT2D eigenvalue weighted by molar-refractivity contribution is -0.140. The quantitative estimate of drug-likeness (QED) is 0.442. The third kappa shape index (κ3) is 4.20. The third-order valence-corrected chi connectivity index (χ3v) is 2.67. The zero-order valence-corrected chi connectivity index (χ0v) is 11.1. The first kappa shape index (κ1) is 14.2. The summed E-state index contributed by atoms with van der Waals surface area (Å²) in [4.78, 5) is 15.2. The Morgan fingerprint density at radius 3 is 2.83 bits per heavy atom. The number of benzene rings is 1. The molecule has 0 spiro atoms. The highest BCUT2D eigenvalue weighted by Gasteiger charge is 2.01. The highest BCUT2D eigenvalue weighted by atomic mass is 16.5. The van der Waals surface area contributed by atoms with Crippen LogP contribution in [0.3, 0.4) is 0 Å². The second-order valence-corrected chi connectivity index (χ2v) is 3.89. The number of ether oxygens (including phenoxy) is 2. The van der Waals surface area contributed by atoms with E-state index in [0.717, 1.165) is 16.9 Å². The lowest BCUT2D eigenvalue weighted by Gasteiger charge is -2.06. The summed E-state index contributed by atoms with van der Waals surface area (Å²) >= 11 is 0. The minimum absolute atomic E-state index is 0.192. The van der Waals surface area contributed by atoms with E-state index in [-0.39, 0.29) is 5.97 Å². The number of hydrogen-bond acceptors (Lipinski definition) is 4. The van der Waals surface area contributed by atoms with Crippen LogP contribution in [0.1, 0.15) is 24.0 Å².